The standard InChI is InChI=1S/C17H37N3/c1-6-11-20-12-9-10-17(14-20)16(5)18-15(4)13-19(7-2)8-3/h15-18H,6-14H2,1-5H3. The van der Waals surface area contributed by atoms with E-state index in [1.54, 1.807) is 0 Å². The number of piperidine rings is 1. The van der Waals surface area contributed by atoms with Gasteiger partial charge in [0.1, 0.15) is 0 Å². The van der Waals surface area contributed by atoms with Gasteiger partial charge in [0.25, 0.3) is 0 Å². The third-order valence-electron chi connectivity index (χ3n) is 4.76. The van der Waals surface area contributed by atoms with Crippen molar-refractivity contribution in [1.82, 2.24) is 15.1 Å². The van der Waals surface area contributed by atoms with Crippen LogP contribution in [0, 0.1) is 5.92 Å². The summed E-state index contributed by atoms with van der Waals surface area (Å²) in [6.45, 7) is 18.9. The maximum atomic E-state index is 3.84. The van der Waals surface area contributed by atoms with Gasteiger partial charge in [-0.2, -0.15) is 0 Å². The Morgan fingerprint density at radius 1 is 1.20 bits per heavy atom. The lowest BCUT2D eigenvalue weighted by atomic mass is 9.91. The lowest BCUT2D eigenvalue weighted by molar-refractivity contribution is 0.143. The van der Waals surface area contributed by atoms with Crippen LogP contribution in [0.15, 0.2) is 0 Å². The lowest BCUT2D eigenvalue weighted by Crippen LogP contribution is -2.49. The number of likely N-dealkylation sites (N-methyl/N-ethyl adjacent to an activating group) is 1. The molecule has 0 aromatic heterocycles. The van der Waals surface area contributed by atoms with Crippen LogP contribution in [0.5, 0.6) is 0 Å². The molecule has 1 fully saturated rings. The van der Waals surface area contributed by atoms with E-state index < -0.39 is 0 Å². The molecule has 1 N–H and O–H groups in total. The van der Waals surface area contributed by atoms with E-state index in [1.165, 1.54) is 45.4 Å². The highest BCUT2D eigenvalue weighted by Gasteiger charge is 2.25. The van der Waals surface area contributed by atoms with Crippen molar-refractivity contribution < 1.29 is 0 Å². The first-order chi connectivity index (χ1) is 9.60. The average Bonchev–Trinajstić information content (AvgIpc) is 2.45. The van der Waals surface area contributed by atoms with Crippen molar-refractivity contribution in [1.29, 1.82) is 0 Å². The molecule has 1 rings (SSSR count). The Labute approximate surface area is 127 Å². The van der Waals surface area contributed by atoms with E-state index in [-0.39, 0.29) is 0 Å². The number of likely N-dealkylation sites (tertiary alicyclic amines) is 1. The van der Waals surface area contributed by atoms with Crippen LogP contribution in [0.3, 0.4) is 0 Å². The highest BCUT2D eigenvalue weighted by atomic mass is 15.2. The monoisotopic (exact) mass is 283 g/mol. The molecular formula is C17H37N3. The van der Waals surface area contributed by atoms with Crippen molar-refractivity contribution in [3.05, 3.63) is 0 Å². The molecule has 0 amide bonds. The van der Waals surface area contributed by atoms with Gasteiger partial charge in [0, 0.05) is 25.2 Å². The Kier molecular flexibility index (Phi) is 8.74. The number of hydrogen-bond donors (Lipinski definition) is 1. The molecule has 1 aliphatic heterocycles. The first kappa shape index (κ1) is 17.9. The van der Waals surface area contributed by atoms with E-state index >= 15 is 0 Å². The zero-order chi connectivity index (χ0) is 15.0. The Hall–Kier alpha value is -0.120. The highest BCUT2D eigenvalue weighted by Crippen LogP contribution is 2.20. The predicted octanol–water partition coefficient (Wildman–Crippen LogP) is 2.82. The van der Waals surface area contributed by atoms with E-state index in [4.69, 9.17) is 0 Å². The number of rotatable bonds is 9. The molecule has 3 heteroatoms. The molecule has 1 aliphatic rings. The van der Waals surface area contributed by atoms with Crippen molar-refractivity contribution in [2.24, 2.45) is 5.92 Å². The van der Waals surface area contributed by atoms with E-state index in [0.717, 1.165) is 19.0 Å². The number of nitrogens with zero attached hydrogens (tertiary/aromatic N) is 2. The fraction of sp³-hybridized carbons (Fsp3) is 1.00. The maximum absolute atomic E-state index is 3.84. The van der Waals surface area contributed by atoms with Gasteiger partial charge in [-0.25, -0.2) is 0 Å². The van der Waals surface area contributed by atoms with Gasteiger partial charge in [0.2, 0.25) is 0 Å². The van der Waals surface area contributed by atoms with Gasteiger partial charge < -0.3 is 15.1 Å². The van der Waals surface area contributed by atoms with Crippen molar-refractivity contribution in [2.75, 3.05) is 39.3 Å². The Bertz CT molecular complexity index is 238. The maximum Gasteiger partial charge on any atom is 0.0169 e. The average molecular weight is 284 g/mol. The van der Waals surface area contributed by atoms with Crippen molar-refractivity contribution in [3.63, 3.8) is 0 Å². The molecule has 3 atom stereocenters. The normalized spacial score (nSPS) is 24.0. The summed E-state index contributed by atoms with van der Waals surface area (Å²) in [7, 11) is 0. The summed E-state index contributed by atoms with van der Waals surface area (Å²) in [4.78, 5) is 5.16. The van der Waals surface area contributed by atoms with Crippen LogP contribution in [0.1, 0.15) is 53.9 Å². The van der Waals surface area contributed by atoms with Gasteiger partial charge in [0.15, 0.2) is 0 Å². The zero-order valence-electron chi connectivity index (χ0n) is 14.5. The van der Waals surface area contributed by atoms with Gasteiger partial charge in [-0.1, -0.05) is 20.8 Å². The van der Waals surface area contributed by atoms with Crippen molar-refractivity contribution >= 4 is 0 Å². The topological polar surface area (TPSA) is 18.5 Å². The van der Waals surface area contributed by atoms with Crippen LogP contribution in [-0.2, 0) is 0 Å². The van der Waals surface area contributed by atoms with Crippen LogP contribution >= 0.6 is 0 Å². The molecule has 3 nitrogen and oxygen atoms in total. The highest BCUT2D eigenvalue weighted by molar-refractivity contribution is 4.82. The molecule has 3 unspecified atom stereocenters. The number of nitrogens with one attached hydrogen (secondary N) is 1. The van der Waals surface area contributed by atoms with E-state index in [0.29, 0.717) is 12.1 Å². The van der Waals surface area contributed by atoms with Gasteiger partial charge in [-0.05, 0) is 65.2 Å². The Morgan fingerprint density at radius 3 is 2.50 bits per heavy atom. The smallest absolute Gasteiger partial charge is 0.0169 e. The molecule has 0 bridgehead atoms. The summed E-state index contributed by atoms with van der Waals surface area (Å²) in [5.74, 6) is 0.828. The first-order valence-corrected chi connectivity index (χ1v) is 8.81. The fourth-order valence-corrected chi connectivity index (χ4v) is 3.53. The summed E-state index contributed by atoms with van der Waals surface area (Å²) < 4.78 is 0. The van der Waals surface area contributed by atoms with Crippen molar-refractivity contribution in [2.45, 2.75) is 66.0 Å². The molecule has 0 saturated carbocycles. The summed E-state index contributed by atoms with van der Waals surface area (Å²) >= 11 is 0. The van der Waals surface area contributed by atoms with E-state index in [2.05, 4.69) is 49.7 Å². The van der Waals surface area contributed by atoms with Crippen LogP contribution in [0.4, 0.5) is 0 Å². The first-order valence-electron chi connectivity index (χ1n) is 8.81. The minimum absolute atomic E-state index is 0.589. The molecule has 0 spiro atoms. The lowest BCUT2D eigenvalue weighted by Gasteiger charge is -2.37. The molecular weight excluding hydrogens is 246 g/mol. The molecule has 120 valence electrons. The quantitative estimate of drug-likeness (QED) is 0.702. The van der Waals surface area contributed by atoms with Crippen molar-refractivity contribution in [3.8, 4) is 0 Å². The fourth-order valence-electron chi connectivity index (χ4n) is 3.53. The Morgan fingerprint density at radius 2 is 1.90 bits per heavy atom. The molecule has 1 saturated heterocycles. The zero-order valence-corrected chi connectivity index (χ0v) is 14.5. The molecule has 20 heavy (non-hydrogen) atoms. The van der Waals surface area contributed by atoms with Gasteiger partial charge in [0.05, 0.1) is 0 Å². The molecule has 0 radical (unpaired) electrons. The minimum Gasteiger partial charge on any atom is -0.310 e. The second-order valence-corrected chi connectivity index (χ2v) is 6.55. The summed E-state index contributed by atoms with van der Waals surface area (Å²) in [5.41, 5.74) is 0. The minimum atomic E-state index is 0.589. The summed E-state index contributed by atoms with van der Waals surface area (Å²) in [5, 5.41) is 3.84. The van der Waals surface area contributed by atoms with Gasteiger partial charge >= 0.3 is 0 Å². The van der Waals surface area contributed by atoms with Crippen LogP contribution in [-0.4, -0.2) is 61.2 Å². The SMILES string of the molecule is CCCN1CCCC(C(C)NC(C)CN(CC)CC)C1. The van der Waals surface area contributed by atoms with E-state index in [1.807, 2.05) is 0 Å². The largest absolute Gasteiger partial charge is 0.310 e. The summed E-state index contributed by atoms with van der Waals surface area (Å²) in [6.07, 6.45) is 4.06. The Balaban J connectivity index is 2.35. The summed E-state index contributed by atoms with van der Waals surface area (Å²) in [6, 6.07) is 1.23. The van der Waals surface area contributed by atoms with Crippen LogP contribution in [0.25, 0.3) is 0 Å². The second kappa shape index (κ2) is 9.75. The van der Waals surface area contributed by atoms with Gasteiger partial charge in [-0.3, -0.25) is 0 Å². The molecule has 1 heterocycles. The predicted molar refractivity (Wildman–Crippen MR) is 89.3 cm³/mol. The second-order valence-electron chi connectivity index (χ2n) is 6.55. The number of hydrogen-bond acceptors (Lipinski definition) is 3. The van der Waals surface area contributed by atoms with Gasteiger partial charge in [-0.15, -0.1) is 0 Å². The van der Waals surface area contributed by atoms with Crippen LogP contribution < -0.4 is 5.32 Å². The third kappa shape index (κ3) is 6.11. The van der Waals surface area contributed by atoms with E-state index in [9.17, 15) is 0 Å². The molecule has 0 aromatic rings. The third-order valence-corrected chi connectivity index (χ3v) is 4.76. The van der Waals surface area contributed by atoms with Crippen LogP contribution in [0.2, 0.25) is 0 Å². The molecule has 0 aliphatic carbocycles. The molecule has 0 aromatic carbocycles.